The monoisotopic (exact) mass is 322 g/mol. The molecule has 2 heterocycles. The molecule has 0 radical (unpaired) electrons. The minimum absolute atomic E-state index is 0.141. The van der Waals surface area contributed by atoms with Crippen LogP contribution in [0.15, 0.2) is 6.20 Å². The van der Waals surface area contributed by atoms with Crippen LogP contribution < -0.4 is 10.6 Å². The summed E-state index contributed by atoms with van der Waals surface area (Å²) in [6, 6.07) is 1.28. The van der Waals surface area contributed by atoms with E-state index in [0.717, 1.165) is 32.5 Å². The summed E-state index contributed by atoms with van der Waals surface area (Å²) in [4.78, 5) is 14.6. The second-order valence-corrected chi connectivity index (χ2v) is 6.75. The van der Waals surface area contributed by atoms with E-state index in [4.69, 9.17) is 0 Å². The van der Waals surface area contributed by atoms with Crippen molar-refractivity contribution in [3.63, 3.8) is 0 Å². The van der Waals surface area contributed by atoms with Crippen molar-refractivity contribution >= 4 is 5.91 Å². The van der Waals surface area contributed by atoms with Gasteiger partial charge in [-0.25, -0.2) is 4.68 Å². The van der Waals surface area contributed by atoms with Crippen LogP contribution in [-0.4, -0.2) is 64.1 Å². The molecular formula is C16H30N6O. The summed E-state index contributed by atoms with van der Waals surface area (Å²) in [5.41, 5.74) is 0.407. The predicted octanol–water partition coefficient (Wildman–Crippen LogP) is 1.05. The minimum atomic E-state index is -0.141. The molecule has 0 spiro atoms. The predicted molar refractivity (Wildman–Crippen MR) is 90.5 cm³/mol. The van der Waals surface area contributed by atoms with Crippen molar-refractivity contribution in [3.8, 4) is 0 Å². The van der Waals surface area contributed by atoms with E-state index in [0.29, 0.717) is 30.4 Å². The SMILES string of the molecule is CC(C)N(CCNC(=O)c1cn(C2CCNCC2)nn1)C(C)C. The van der Waals surface area contributed by atoms with Crippen LogP contribution in [0, 0.1) is 0 Å². The Morgan fingerprint density at radius 3 is 2.61 bits per heavy atom. The highest BCUT2D eigenvalue weighted by Crippen LogP contribution is 2.16. The van der Waals surface area contributed by atoms with Crippen molar-refractivity contribution in [2.75, 3.05) is 26.2 Å². The summed E-state index contributed by atoms with van der Waals surface area (Å²) < 4.78 is 1.84. The van der Waals surface area contributed by atoms with Crippen molar-refractivity contribution in [2.45, 2.75) is 58.7 Å². The van der Waals surface area contributed by atoms with Crippen molar-refractivity contribution in [2.24, 2.45) is 0 Å². The van der Waals surface area contributed by atoms with E-state index in [1.807, 2.05) is 4.68 Å². The number of aromatic nitrogens is 3. The molecule has 0 atom stereocenters. The molecule has 1 aromatic heterocycles. The van der Waals surface area contributed by atoms with Crippen LogP contribution >= 0.6 is 0 Å². The molecule has 1 aromatic rings. The lowest BCUT2D eigenvalue weighted by atomic mass is 10.1. The van der Waals surface area contributed by atoms with E-state index in [2.05, 4.69) is 53.5 Å². The maximum atomic E-state index is 12.2. The molecule has 7 nitrogen and oxygen atoms in total. The van der Waals surface area contributed by atoms with Crippen LogP contribution in [0.4, 0.5) is 0 Å². The summed E-state index contributed by atoms with van der Waals surface area (Å²) in [6.07, 6.45) is 3.83. The fourth-order valence-corrected chi connectivity index (χ4v) is 3.13. The Hall–Kier alpha value is -1.47. The van der Waals surface area contributed by atoms with Gasteiger partial charge in [0.2, 0.25) is 0 Å². The fourth-order valence-electron chi connectivity index (χ4n) is 3.13. The molecule has 130 valence electrons. The molecule has 23 heavy (non-hydrogen) atoms. The molecule has 7 heteroatoms. The molecule has 2 rings (SSSR count). The second-order valence-electron chi connectivity index (χ2n) is 6.75. The Morgan fingerprint density at radius 1 is 1.35 bits per heavy atom. The first-order valence-corrected chi connectivity index (χ1v) is 8.65. The third-order valence-corrected chi connectivity index (χ3v) is 4.41. The normalized spacial score (nSPS) is 16.5. The minimum Gasteiger partial charge on any atom is -0.349 e. The Kier molecular flexibility index (Phi) is 6.53. The molecule has 0 saturated carbocycles. The number of carbonyl (C=O) groups excluding carboxylic acids is 1. The van der Waals surface area contributed by atoms with Crippen molar-refractivity contribution in [3.05, 3.63) is 11.9 Å². The van der Waals surface area contributed by atoms with E-state index >= 15 is 0 Å². The molecule has 1 amide bonds. The third-order valence-electron chi connectivity index (χ3n) is 4.41. The molecule has 0 bridgehead atoms. The molecule has 0 aromatic carbocycles. The van der Waals surface area contributed by atoms with Gasteiger partial charge in [-0.15, -0.1) is 5.10 Å². The van der Waals surface area contributed by atoms with Gasteiger partial charge < -0.3 is 10.6 Å². The lowest BCUT2D eigenvalue weighted by Gasteiger charge is -2.30. The Morgan fingerprint density at radius 2 is 2.00 bits per heavy atom. The zero-order valence-electron chi connectivity index (χ0n) is 14.7. The molecular weight excluding hydrogens is 292 g/mol. The molecule has 1 aliphatic rings. The summed E-state index contributed by atoms with van der Waals surface area (Å²) in [7, 11) is 0. The zero-order chi connectivity index (χ0) is 16.8. The Bertz CT molecular complexity index is 485. The van der Waals surface area contributed by atoms with Crippen LogP contribution in [-0.2, 0) is 0 Å². The van der Waals surface area contributed by atoms with Gasteiger partial charge in [0, 0.05) is 25.2 Å². The van der Waals surface area contributed by atoms with Crippen molar-refractivity contribution < 1.29 is 4.79 Å². The van der Waals surface area contributed by atoms with Crippen LogP contribution in [0.2, 0.25) is 0 Å². The van der Waals surface area contributed by atoms with Gasteiger partial charge in [-0.2, -0.15) is 0 Å². The van der Waals surface area contributed by atoms with Gasteiger partial charge in [-0.1, -0.05) is 5.21 Å². The highest BCUT2D eigenvalue weighted by Gasteiger charge is 2.19. The second kappa shape index (κ2) is 8.40. The first kappa shape index (κ1) is 17.9. The average Bonchev–Trinajstić information content (AvgIpc) is 3.01. The van der Waals surface area contributed by atoms with Crippen LogP contribution in [0.5, 0.6) is 0 Å². The van der Waals surface area contributed by atoms with E-state index in [1.165, 1.54) is 0 Å². The van der Waals surface area contributed by atoms with Crippen LogP contribution in [0.1, 0.15) is 57.1 Å². The third kappa shape index (κ3) is 5.00. The first-order valence-electron chi connectivity index (χ1n) is 8.65. The molecule has 0 aliphatic carbocycles. The van der Waals surface area contributed by atoms with Gasteiger partial charge in [0.15, 0.2) is 5.69 Å². The van der Waals surface area contributed by atoms with Crippen molar-refractivity contribution in [1.29, 1.82) is 0 Å². The quantitative estimate of drug-likeness (QED) is 0.785. The van der Waals surface area contributed by atoms with E-state index in [9.17, 15) is 4.79 Å². The maximum Gasteiger partial charge on any atom is 0.273 e. The van der Waals surface area contributed by atoms with Crippen LogP contribution in [0.3, 0.4) is 0 Å². The first-order chi connectivity index (χ1) is 11.0. The topological polar surface area (TPSA) is 75.1 Å². The lowest BCUT2D eigenvalue weighted by Crippen LogP contribution is -2.42. The number of carbonyl (C=O) groups is 1. The Labute approximate surface area is 138 Å². The van der Waals surface area contributed by atoms with E-state index in [1.54, 1.807) is 6.20 Å². The summed E-state index contributed by atoms with van der Waals surface area (Å²) in [5, 5.41) is 14.4. The largest absolute Gasteiger partial charge is 0.349 e. The Balaban J connectivity index is 1.83. The number of amides is 1. The van der Waals surface area contributed by atoms with Gasteiger partial charge in [-0.05, 0) is 53.6 Å². The fraction of sp³-hybridized carbons (Fsp3) is 0.812. The van der Waals surface area contributed by atoms with Gasteiger partial charge >= 0.3 is 0 Å². The van der Waals surface area contributed by atoms with Crippen LogP contribution in [0.25, 0.3) is 0 Å². The number of nitrogens with one attached hydrogen (secondary N) is 2. The lowest BCUT2D eigenvalue weighted by molar-refractivity contribution is 0.0934. The van der Waals surface area contributed by atoms with Gasteiger partial charge in [-0.3, -0.25) is 9.69 Å². The molecule has 2 N–H and O–H groups in total. The van der Waals surface area contributed by atoms with Gasteiger partial charge in [0.05, 0.1) is 12.2 Å². The summed E-state index contributed by atoms with van der Waals surface area (Å²) in [6.45, 7) is 12.1. The van der Waals surface area contributed by atoms with Gasteiger partial charge in [0.25, 0.3) is 5.91 Å². The van der Waals surface area contributed by atoms with Crippen molar-refractivity contribution in [1.82, 2.24) is 30.5 Å². The molecule has 1 fully saturated rings. The number of piperidine rings is 1. The summed E-state index contributed by atoms with van der Waals surface area (Å²) >= 11 is 0. The standard InChI is InChI=1S/C16H30N6O/c1-12(2)21(13(3)4)10-9-18-16(23)15-11-22(20-19-15)14-5-7-17-8-6-14/h11-14,17H,5-10H2,1-4H3,(H,18,23). The highest BCUT2D eigenvalue weighted by atomic mass is 16.2. The maximum absolute atomic E-state index is 12.2. The number of nitrogens with zero attached hydrogens (tertiary/aromatic N) is 4. The number of hydrogen-bond donors (Lipinski definition) is 2. The van der Waals surface area contributed by atoms with E-state index < -0.39 is 0 Å². The molecule has 1 saturated heterocycles. The smallest absolute Gasteiger partial charge is 0.273 e. The molecule has 1 aliphatic heterocycles. The van der Waals surface area contributed by atoms with E-state index in [-0.39, 0.29) is 5.91 Å². The summed E-state index contributed by atoms with van der Waals surface area (Å²) in [5.74, 6) is -0.141. The number of hydrogen-bond acceptors (Lipinski definition) is 5. The molecule has 0 unspecified atom stereocenters. The van der Waals surface area contributed by atoms with Gasteiger partial charge in [0.1, 0.15) is 0 Å². The number of rotatable bonds is 7. The zero-order valence-corrected chi connectivity index (χ0v) is 14.7. The highest BCUT2D eigenvalue weighted by molar-refractivity contribution is 5.91. The average molecular weight is 322 g/mol.